The van der Waals surface area contributed by atoms with Crippen LogP contribution in [-0.2, 0) is 6.18 Å². The van der Waals surface area contributed by atoms with Gasteiger partial charge in [0.15, 0.2) is 5.17 Å². The molecule has 0 radical (unpaired) electrons. The van der Waals surface area contributed by atoms with Crippen molar-refractivity contribution in [1.29, 1.82) is 0 Å². The molecule has 0 fully saturated rings. The zero-order valence-electron chi connectivity index (χ0n) is 10.8. The fourth-order valence-corrected chi connectivity index (χ4v) is 3.10. The number of amidine groups is 1. The number of benzene rings is 1. The largest absolute Gasteiger partial charge is 0.416 e. The molecule has 7 heteroatoms. The summed E-state index contributed by atoms with van der Waals surface area (Å²) in [6.07, 6.45) is -2.49. The van der Waals surface area contributed by atoms with E-state index in [0.29, 0.717) is 10.9 Å². The van der Waals surface area contributed by atoms with Gasteiger partial charge in [0.25, 0.3) is 0 Å². The van der Waals surface area contributed by atoms with Gasteiger partial charge in [0.2, 0.25) is 0 Å². The molecule has 1 aromatic carbocycles. The van der Waals surface area contributed by atoms with Gasteiger partial charge in [-0.05, 0) is 31.0 Å². The number of hydrogen-bond donors (Lipinski definition) is 1. The minimum absolute atomic E-state index is 0.0516. The third-order valence-corrected chi connectivity index (χ3v) is 4.08. The van der Waals surface area contributed by atoms with Gasteiger partial charge in [0, 0.05) is 16.5 Å². The first-order valence-electron chi connectivity index (χ1n) is 6.24. The van der Waals surface area contributed by atoms with Gasteiger partial charge in [-0.2, -0.15) is 13.2 Å². The van der Waals surface area contributed by atoms with Crippen molar-refractivity contribution in [2.75, 3.05) is 11.1 Å². The topological polar surface area (TPSA) is 24.4 Å². The predicted molar refractivity (Wildman–Crippen MR) is 78.7 cm³/mol. The smallest absolute Gasteiger partial charge is 0.335 e. The van der Waals surface area contributed by atoms with Gasteiger partial charge in [-0.15, -0.1) is 0 Å². The fraction of sp³-hybridized carbons (Fsp3) is 0.462. The number of nitrogens with zero attached hydrogens (tertiary/aromatic N) is 1. The highest BCUT2D eigenvalue weighted by Gasteiger charge is 2.31. The van der Waals surface area contributed by atoms with Crippen LogP contribution in [0.3, 0.4) is 0 Å². The Bertz CT molecular complexity index is 517. The average Bonchev–Trinajstić information content (AvgIpc) is 2.37. The Morgan fingerprint density at radius 1 is 1.40 bits per heavy atom. The molecule has 0 aliphatic carbocycles. The highest BCUT2D eigenvalue weighted by Crippen LogP contribution is 2.33. The lowest BCUT2D eigenvalue weighted by Gasteiger charge is -2.20. The minimum atomic E-state index is -4.41. The van der Waals surface area contributed by atoms with Crippen molar-refractivity contribution in [2.45, 2.75) is 32.0 Å². The molecular formula is C13H14ClF3N2S. The molecule has 1 aliphatic heterocycles. The molecular weight excluding hydrogens is 309 g/mol. The Kier molecular flexibility index (Phi) is 4.86. The normalized spacial score (nSPS) is 19.6. The van der Waals surface area contributed by atoms with E-state index in [0.717, 1.165) is 30.7 Å². The van der Waals surface area contributed by atoms with E-state index in [2.05, 4.69) is 10.3 Å². The van der Waals surface area contributed by atoms with E-state index < -0.39 is 11.7 Å². The third kappa shape index (κ3) is 4.06. The van der Waals surface area contributed by atoms with Crippen molar-refractivity contribution in [2.24, 2.45) is 4.99 Å². The highest BCUT2D eigenvalue weighted by molar-refractivity contribution is 8.14. The summed E-state index contributed by atoms with van der Waals surface area (Å²) in [6.45, 7) is 2.04. The first-order valence-corrected chi connectivity index (χ1v) is 7.60. The summed E-state index contributed by atoms with van der Waals surface area (Å²) in [5, 5.41) is 3.63. The summed E-state index contributed by atoms with van der Waals surface area (Å²) in [4.78, 5) is 4.46. The lowest BCUT2D eigenvalue weighted by molar-refractivity contribution is -0.137. The molecule has 0 saturated carbocycles. The van der Waals surface area contributed by atoms with Crippen molar-refractivity contribution in [3.05, 3.63) is 28.8 Å². The van der Waals surface area contributed by atoms with E-state index in [1.807, 2.05) is 6.92 Å². The van der Waals surface area contributed by atoms with Crippen LogP contribution >= 0.6 is 23.4 Å². The number of hydrogen-bond acceptors (Lipinski definition) is 3. The van der Waals surface area contributed by atoms with E-state index in [-0.39, 0.29) is 11.1 Å². The maximum absolute atomic E-state index is 12.7. The molecule has 1 N–H and O–H groups in total. The molecule has 1 heterocycles. The Hall–Kier alpha value is -0.880. The fourth-order valence-electron chi connectivity index (χ4n) is 1.87. The van der Waals surface area contributed by atoms with Gasteiger partial charge in [0.1, 0.15) is 0 Å². The number of aliphatic imine (C=N–C) groups is 1. The van der Waals surface area contributed by atoms with Crippen LogP contribution in [0.5, 0.6) is 0 Å². The minimum Gasteiger partial charge on any atom is -0.335 e. The lowest BCUT2D eigenvalue weighted by Crippen LogP contribution is -2.19. The molecule has 110 valence electrons. The van der Waals surface area contributed by atoms with Gasteiger partial charge >= 0.3 is 6.18 Å². The SMILES string of the molecule is CCC1CCSC(Nc2cc(Cl)cc(C(F)(F)F)c2)=N1. The van der Waals surface area contributed by atoms with E-state index in [4.69, 9.17) is 11.6 Å². The van der Waals surface area contributed by atoms with Gasteiger partial charge in [0.05, 0.1) is 11.6 Å². The average molecular weight is 323 g/mol. The molecule has 2 rings (SSSR count). The number of halogens is 4. The van der Waals surface area contributed by atoms with Gasteiger partial charge < -0.3 is 5.32 Å². The van der Waals surface area contributed by atoms with Crippen LogP contribution < -0.4 is 5.32 Å². The Morgan fingerprint density at radius 2 is 2.15 bits per heavy atom. The van der Waals surface area contributed by atoms with Crippen LogP contribution in [0.2, 0.25) is 5.02 Å². The summed E-state index contributed by atoms with van der Waals surface area (Å²) in [5.41, 5.74) is -0.450. The van der Waals surface area contributed by atoms with Crippen molar-refractivity contribution in [3.8, 4) is 0 Å². The van der Waals surface area contributed by atoms with Crippen LogP contribution in [-0.4, -0.2) is 17.0 Å². The molecule has 1 aromatic rings. The summed E-state index contributed by atoms with van der Waals surface area (Å²) >= 11 is 7.25. The van der Waals surface area contributed by atoms with E-state index >= 15 is 0 Å². The predicted octanol–water partition coefficient (Wildman–Crippen LogP) is 5.04. The maximum Gasteiger partial charge on any atom is 0.416 e. The molecule has 1 atom stereocenters. The number of rotatable bonds is 2. The molecule has 0 aromatic heterocycles. The zero-order chi connectivity index (χ0) is 14.8. The first kappa shape index (κ1) is 15.5. The molecule has 0 spiro atoms. The summed E-state index contributed by atoms with van der Waals surface area (Å²) in [5.74, 6) is 0.914. The van der Waals surface area contributed by atoms with E-state index in [1.54, 1.807) is 0 Å². The van der Waals surface area contributed by atoms with Gasteiger partial charge in [-0.3, -0.25) is 4.99 Å². The second-order valence-electron chi connectivity index (χ2n) is 4.48. The highest BCUT2D eigenvalue weighted by atomic mass is 35.5. The van der Waals surface area contributed by atoms with Crippen LogP contribution in [0.25, 0.3) is 0 Å². The van der Waals surface area contributed by atoms with E-state index in [1.165, 1.54) is 17.8 Å². The van der Waals surface area contributed by atoms with Crippen molar-refractivity contribution >= 4 is 34.2 Å². The standard InChI is InChI=1S/C13H14ClF3N2S/c1-2-10-3-4-20-12(18-10)19-11-6-8(13(15,16)17)5-9(14)7-11/h5-7,10H,2-4H2,1H3,(H,18,19). The molecule has 20 heavy (non-hydrogen) atoms. The van der Waals surface area contributed by atoms with Crippen LogP contribution in [0, 0.1) is 0 Å². The third-order valence-electron chi connectivity index (χ3n) is 2.94. The maximum atomic E-state index is 12.7. The molecule has 0 saturated heterocycles. The van der Waals surface area contributed by atoms with Crippen molar-refractivity contribution < 1.29 is 13.2 Å². The molecule has 1 aliphatic rings. The Balaban J connectivity index is 2.21. The van der Waals surface area contributed by atoms with Gasteiger partial charge in [-0.1, -0.05) is 30.3 Å². The monoisotopic (exact) mass is 322 g/mol. The Labute approximate surface area is 124 Å². The summed E-state index contributed by atoms with van der Waals surface area (Å²) in [7, 11) is 0. The number of alkyl halides is 3. The van der Waals surface area contributed by atoms with E-state index in [9.17, 15) is 13.2 Å². The number of thioether (sulfide) groups is 1. The van der Waals surface area contributed by atoms with Crippen molar-refractivity contribution in [1.82, 2.24) is 0 Å². The van der Waals surface area contributed by atoms with Crippen LogP contribution in [0.4, 0.5) is 18.9 Å². The number of anilines is 1. The quantitative estimate of drug-likeness (QED) is 0.824. The zero-order valence-corrected chi connectivity index (χ0v) is 12.4. The van der Waals surface area contributed by atoms with Crippen LogP contribution in [0.15, 0.2) is 23.2 Å². The molecule has 0 bridgehead atoms. The second-order valence-corrected chi connectivity index (χ2v) is 6.00. The summed E-state index contributed by atoms with van der Waals surface area (Å²) in [6, 6.07) is 3.66. The lowest BCUT2D eigenvalue weighted by atomic mass is 10.2. The summed E-state index contributed by atoms with van der Waals surface area (Å²) < 4.78 is 38.2. The Morgan fingerprint density at radius 3 is 2.80 bits per heavy atom. The molecule has 2 nitrogen and oxygen atoms in total. The number of nitrogens with one attached hydrogen (secondary N) is 1. The van der Waals surface area contributed by atoms with Gasteiger partial charge in [-0.25, -0.2) is 0 Å². The molecule has 1 unspecified atom stereocenters. The first-order chi connectivity index (χ1) is 9.38. The molecule has 0 amide bonds. The second kappa shape index (κ2) is 6.26. The van der Waals surface area contributed by atoms with Crippen molar-refractivity contribution in [3.63, 3.8) is 0 Å². The van der Waals surface area contributed by atoms with Crippen LogP contribution in [0.1, 0.15) is 25.3 Å².